The molecule has 12 heteroatoms. The number of H-pyrrole nitrogens is 1. The van der Waals surface area contributed by atoms with Crippen LogP contribution in [0.15, 0.2) is 54.4 Å². The van der Waals surface area contributed by atoms with Crippen LogP contribution in [0.5, 0.6) is 0 Å². The summed E-state index contributed by atoms with van der Waals surface area (Å²) in [4.78, 5) is 75.9. The fourth-order valence-corrected chi connectivity index (χ4v) is 9.43. The SMILES string of the molecule is COC1=CC(=O)N(C(=O)C=C[C@@H](NC(=O)[C@H](CC(C)C)NC(=O)[C@H](CC2CCCCC2)NC(=O)[C@H](C(C)C)N(C)C)C2CCCCC2)[C@H]1Cc1c[nH]c2ccccc12. The van der Waals surface area contributed by atoms with E-state index >= 15 is 0 Å². The van der Waals surface area contributed by atoms with Gasteiger partial charge in [0.25, 0.3) is 11.8 Å². The second kappa shape index (κ2) is 21.0. The Bertz CT molecular complexity index is 1780. The average Bonchev–Trinajstić information content (AvgIpc) is 3.75. The summed E-state index contributed by atoms with van der Waals surface area (Å²) in [6.45, 7) is 8.01. The molecule has 5 rings (SSSR count). The Morgan fingerprint density at radius 2 is 1.52 bits per heavy atom. The van der Waals surface area contributed by atoms with Crippen LogP contribution in [0.3, 0.4) is 0 Å². The molecule has 2 aliphatic carbocycles. The molecule has 0 unspecified atom stereocenters. The number of para-hydroxylation sites is 1. The van der Waals surface area contributed by atoms with Crippen LogP contribution >= 0.6 is 0 Å². The molecule has 0 saturated heterocycles. The van der Waals surface area contributed by atoms with Crippen molar-refractivity contribution in [3.8, 4) is 0 Å². The fraction of sp³-hybridized carbons (Fsp3) is 0.630. The van der Waals surface area contributed by atoms with Crippen molar-refractivity contribution in [3.63, 3.8) is 0 Å². The minimum absolute atomic E-state index is 0.0387. The minimum Gasteiger partial charge on any atom is -0.499 e. The van der Waals surface area contributed by atoms with E-state index in [-0.39, 0.29) is 35.5 Å². The highest BCUT2D eigenvalue weighted by molar-refractivity contribution is 6.08. The van der Waals surface area contributed by atoms with Crippen LogP contribution in [0.25, 0.3) is 10.9 Å². The molecule has 1 aromatic heterocycles. The number of rotatable bonds is 18. The number of methoxy groups -OCH3 is 1. The highest BCUT2D eigenvalue weighted by Crippen LogP contribution is 2.31. The quantitative estimate of drug-likeness (QED) is 0.132. The number of carbonyl (C=O) groups is 5. The molecular formula is C46H68N6O6. The lowest BCUT2D eigenvalue weighted by Gasteiger charge is -2.33. The molecule has 1 aromatic carbocycles. The fourth-order valence-electron chi connectivity index (χ4n) is 9.43. The van der Waals surface area contributed by atoms with Gasteiger partial charge in [0, 0.05) is 35.7 Å². The van der Waals surface area contributed by atoms with Crippen molar-refractivity contribution >= 4 is 40.4 Å². The van der Waals surface area contributed by atoms with Crippen LogP contribution < -0.4 is 16.0 Å². The third kappa shape index (κ3) is 11.6. The molecular weight excluding hydrogens is 733 g/mol. The average molecular weight is 801 g/mol. The molecule has 2 fully saturated rings. The first-order valence-electron chi connectivity index (χ1n) is 21.7. The topological polar surface area (TPSA) is 153 Å². The Labute approximate surface area is 345 Å². The Morgan fingerprint density at radius 1 is 0.879 bits per heavy atom. The maximum absolute atomic E-state index is 14.3. The number of benzene rings is 1. The number of aromatic nitrogens is 1. The lowest BCUT2D eigenvalue weighted by atomic mass is 9.83. The van der Waals surface area contributed by atoms with Crippen LogP contribution in [0.1, 0.15) is 110 Å². The van der Waals surface area contributed by atoms with Crippen LogP contribution in [0.2, 0.25) is 0 Å². The molecule has 3 aliphatic rings. The number of carbonyl (C=O) groups excluding carboxylic acids is 5. The van der Waals surface area contributed by atoms with Crippen molar-refractivity contribution in [2.24, 2.45) is 23.7 Å². The van der Waals surface area contributed by atoms with E-state index in [2.05, 4.69) is 20.9 Å². The van der Waals surface area contributed by atoms with Crippen molar-refractivity contribution in [2.75, 3.05) is 21.2 Å². The number of nitrogens with one attached hydrogen (secondary N) is 4. The van der Waals surface area contributed by atoms with Gasteiger partial charge in [-0.15, -0.1) is 0 Å². The van der Waals surface area contributed by atoms with E-state index < -0.39 is 42.0 Å². The lowest BCUT2D eigenvalue weighted by molar-refractivity contribution is -0.139. The first-order valence-corrected chi connectivity index (χ1v) is 21.7. The summed E-state index contributed by atoms with van der Waals surface area (Å²) in [7, 11) is 5.24. The monoisotopic (exact) mass is 801 g/mol. The van der Waals surface area contributed by atoms with Crippen LogP contribution in [-0.2, 0) is 35.1 Å². The highest BCUT2D eigenvalue weighted by Gasteiger charge is 2.39. The molecule has 2 heterocycles. The molecule has 5 atom stereocenters. The second-order valence-electron chi connectivity index (χ2n) is 17.8. The van der Waals surface area contributed by atoms with Gasteiger partial charge in [0.15, 0.2) is 0 Å². The Morgan fingerprint density at radius 3 is 2.16 bits per heavy atom. The molecule has 58 heavy (non-hydrogen) atoms. The number of amides is 5. The highest BCUT2D eigenvalue weighted by atomic mass is 16.5. The van der Waals surface area contributed by atoms with Crippen molar-refractivity contribution in [1.82, 2.24) is 30.7 Å². The van der Waals surface area contributed by atoms with Gasteiger partial charge in [-0.25, -0.2) is 0 Å². The van der Waals surface area contributed by atoms with Gasteiger partial charge in [-0.1, -0.05) is 103 Å². The molecule has 4 N–H and O–H groups in total. The summed E-state index contributed by atoms with van der Waals surface area (Å²) in [5, 5.41) is 10.4. The maximum Gasteiger partial charge on any atom is 0.257 e. The maximum atomic E-state index is 14.3. The molecule has 1 aliphatic heterocycles. The summed E-state index contributed by atoms with van der Waals surface area (Å²) in [6.07, 6.45) is 18.0. The summed E-state index contributed by atoms with van der Waals surface area (Å²) >= 11 is 0. The van der Waals surface area contributed by atoms with Crippen molar-refractivity contribution in [1.29, 1.82) is 0 Å². The Balaban J connectivity index is 1.34. The van der Waals surface area contributed by atoms with E-state index in [1.54, 1.807) is 6.08 Å². The van der Waals surface area contributed by atoms with Gasteiger partial charge < -0.3 is 25.7 Å². The van der Waals surface area contributed by atoms with Crippen LogP contribution in [-0.4, -0.2) is 95.7 Å². The van der Waals surface area contributed by atoms with Gasteiger partial charge in [-0.05, 0) is 75.1 Å². The molecule has 2 aromatic rings. The standard InChI is InChI=1S/C46H68N6O6/c1-29(2)24-37(49-45(56)38(25-31-16-10-8-11-17-31)50-46(57)43(30(3)4)51(5)6)44(55)48-35(32-18-12-9-13-19-32)22-23-41(53)52-39(40(58-7)27-42(52)54)26-33-28-47-36-21-15-14-20-34(33)36/h14-15,20-23,27-32,35,37-39,43,47H,8-13,16-19,24-26H2,1-7H3,(H,48,55)(H,49,56)(H,50,57)/t35-,37+,38+,39+,43+/m1/s1. The molecule has 12 nitrogen and oxygen atoms in total. The number of hydrogen-bond donors (Lipinski definition) is 4. The zero-order chi connectivity index (χ0) is 41.9. The molecule has 318 valence electrons. The molecule has 2 saturated carbocycles. The van der Waals surface area contributed by atoms with E-state index in [9.17, 15) is 24.0 Å². The lowest BCUT2D eigenvalue weighted by Crippen LogP contribution is -2.58. The molecule has 5 amide bonds. The summed E-state index contributed by atoms with van der Waals surface area (Å²) < 4.78 is 5.61. The zero-order valence-electron chi connectivity index (χ0n) is 35.9. The third-order valence-corrected chi connectivity index (χ3v) is 12.3. The van der Waals surface area contributed by atoms with E-state index in [0.717, 1.165) is 74.3 Å². The van der Waals surface area contributed by atoms with E-state index in [1.807, 2.05) is 77.2 Å². The Kier molecular flexibility index (Phi) is 16.2. The summed E-state index contributed by atoms with van der Waals surface area (Å²) in [5.74, 6) is -0.869. The normalized spacial score (nSPS) is 20.4. The number of nitrogens with zero attached hydrogens (tertiary/aromatic N) is 2. The molecule has 0 spiro atoms. The van der Waals surface area contributed by atoms with Gasteiger partial charge >= 0.3 is 0 Å². The Hall–Kier alpha value is -4.45. The first kappa shape index (κ1) is 44.6. The summed E-state index contributed by atoms with van der Waals surface area (Å²) in [5.41, 5.74) is 1.93. The number of hydrogen-bond acceptors (Lipinski definition) is 7. The van der Waals surface area contributed by atoms with Gasteiger partial charge in [0.05, 0.1) is 19.2 Å². The van der Waals surface area contributed by atoms with Crippen molar-refractivity contribution in [3.05, 3.63) is 60.0 Å². The largest absolute Gasteiger partial charge is 0.499 e. The van der Waals surface area contributed by atoms with Crippen molar-refractivity contribution in [2.45, 2.75) is 141 Å². The molecule has 0 radical (unpaired) electrons. The number of imide groups is 1. The van der Waals surface area contributed by atoms with Gasteiger partial charge in [-0.3, -0.25) is 33.8 Å². The smallest absolute Gasteiger partial charge is 0.257 e. The summed E-state index contributed by atoms with van der Waals surface area (Å²) in [6, 6.07) is 4.75. The second-order valence-corrected chi connectivity index (χ2v) is 17.8. The van der Waals surface area contributed by atoms with Crippen LogP contribution in [0, 0.1) is 23.7 Å². The number of fused-ring (bicyclic) bond motifs is 1. The number of likely N-dealkylation sites (N-methyl/N-ethyl adjacent to an activating group) is 1. The van der Waals surface area contributed by atoms with Gasteiger partial charge in [-0.2, -0.15) is 0 Å². The first-order chi connectivity index (χ1) is 27.8. The van der Waals surface area contributed by atoms with Crippen molar-refractivity contribution < 1.29 is 28.7 Å². The number of aromatic amines is 1. The minimum atomic E-state index is -0.850. The van der Waals surface area contributed by atoms with Crippen LogP contribution in [0.4, 0.5) is 0 Å². The molecule has 0 bridgehead atoms. The predicted molar refractivity (Wildman–Crippen MR) is 227 cm³/mol. The van der Waals surface area contributed by atoms with E-state index in [1.165, 1.54) is 30.6 Å². The van der Waals surface area contributed by atoms with Gasteiger partial charge in [0.2, 0.25) is 17.7 Å². The van der Waals surface area contributed by atoms with Gasteiger partial charge in [0.1, 0.15) is 23.9 Å². The number of ether oxygens (including phenoxy) is 1. The predicted octanol–water partition coefficient (Wildman–Crippen LogP) is 6.17. The van der Waals surface area contributed by atoms with E-state index in [4.69, 9.17) is 4.74 Å². The third-order valence-electron chi connectivity index (χ3n) is 12.3. The van der Waals surface area contributed by atoms with E-state index in [0.29, 0.717) is 30.9 Å². The zero-order valence-corrected chi connectivity index (χ0v) is 35.9.